The fraction of sp³-hybridized carbons (Fsp3) is 0.391. The molecule has 0 saturated carbocycles. The number of amides is 2. The van der Waals surface area contributed by atoms with Crippen molar-refractivity contribution in [3.8, 4) is 5.75 Å². The third-order valence-electron chi connectivity index (χ3n) is 5.28. The predicted octanol–water partition coefficient (Wildman–Crippen LogP) is 4.66. The third-order valence-corrected chi connectivity index (χ3v) is 5.28. The van der Waals surface area contributed by atoms with E-state index in [1.54, 1.807) is 11.8 Å². The number of likely N-dealkylation sites (tertiary alicyclic amines) is 1. The van der Waals surface area contributed by atoms with Crippen LogP contribution in [0.4, 0.5) is 23.2 Å². The maximum atomic E-state index is 13.1. The first kappa shape index (κ1) is 23.6. The van der Waals surface area contributed by atoms with Crippen molar-refractivity contribution in [3.05, 3.63) is 59.4 Å². The molecule has 9 heteroatoms. The van der Waals surface area contributed by atoms with Crippen molar-refractivity contribution >= 4 is 17.5 Å². The molecule has 0 aliphatic carbocycles. The van der Waals surface area contributed by atoms with Gasteiger partial charge < -0.3 is 15.0 Å². The van der Waals surface area contributed by atoms with Gasteiger partial charge in [-0.1, -0.05) is 12.1 Å². The van der Waals surface area contributed by atoms with Crippen LogP contribution >= 0.6 is 0 Å². The number of carbonyl (C=O) groups excluding carboxylic acids is 2. The maximum absolute atomic E-state index is 13.1. The molecule has 2 aromatic rings. The van der Waals surface area contributed by atoms with E-state index >= 15 is 0 Å². The first-order chi connectivity index (χ1) is 15.2. The highest BCUT2D eigenvalue weighted by Gasteiger charge is 2.33. The van der Waals surface area contributed by atoms with Crippen LogP contribution in [0.25, 0.3) is 0 Å². The first-order valence-electron chi connectivity index (χ1n) is 10.3. The molecular formula is C23H24F4N2O3. The maximum Gasteiger partial charge on any atom is 0.416 e. The van der Waals surface area contributed by atoms with E-state index in [9.17, 15) is 27.2 Å². The average molecular weight is 452 g/mol. The zero-order valence-corrected chi connectivity index (χ0v) is 17.5. The number of rotatable bonds is 6. The number of piperidine rings is 1. The van der Waals surface area contributed by atoms with Gasteiger partial charge in [0.05, 0.1) is 30.2 Å². The van der Waals surface area contributed by atoms with Gasteiger partial charge in [-0.3, -0.25) is 9.59 Å². The molecule has 1 aliphatic heterocycles. The number of alkyl halides is 3. The van der Waals surface area contributed by atoms with Gasteiger partial charge in [-0.2, -0.15) is 13.2 Å². The van der Waals surface area contributed by atoms with Crippen LogP contribution in [0.1, 0.15) is 30.9 Å². The van der Waals surface area contributed by atoms with Gasteiger partial charge in [-0.15, -0.1) is 0 Å². The number of benzene rings is 2. The second kappa shape index (κ2) is 10.0. The lowest BCUT2D eigenvalue weighted by Crippen LogP contribution is -2.44. The first-order valence-corrected chi connectivity index (χ1v) is 10.3. The molecule has 5 nitrogen and oxygen atoms in total. The summed E-state index contributed by atoms with van der Waals surface area (Å²) in [6.07, 6.45) is -3.38. The number of carbonyl (C=O) groups is 2. The van der Waals surface area contributed by atoms with Crippen LogP contribution in [-0.2, 0) is 22.2 Å². The zero-order valence-electron chi connectivity index (χ0n) is 17.5. The number of ether oxygens (including phenoxy) is 1. The number of anilines is 1. The Bertz CT molecular complexity index is 961. The minimum Gasteiger partial charge on any atom is -0.492 e. The van der Waals surface area contributed by atoms with Crippen LogP contribution in [-0.4, -0.2) is 36.4 Å². The van der Waals surface area contributed by atoms with Gasteiger partial charge in [-0.25, -0.2) is 4.39 Å². The van der Waals surface area contributed by atoms with Gasteiger partial charge in [0.25, 0.3) is 0 Å². The summed E-state index contributed by atoms with van der Waals surface area (Å²) in [6.45, 7) is 2.56. The molecule has 32 heavy (non-hydrogen) atoms. The Labute approximate surface area is 183 Å². The SMILES string of the molecule is CCOc1ccc(C(F)(F)F)cc1NC(=O)C1CCCN(C(=O)Cc2ccc(F)cc2)C1. The fourth-order valence-electron chi connectivity index (χ4n) is 3.63. The normalized spacial score (nSPS) is 16.5. The molecule has 1 unspecified atom stereocenters. The largest absolute Gasteiger partial charge is 0.492 e. The van der Waals surface area contributed by atoms with Gasteiger partial charge >= 0.3 is 6.18 Å². The summed E-state index contributed by atoms with van der Waals surface area (Å²) < 4.78 is 57.7. The summed E-state index contributed by atoms with van der Waals surface area (Å²) in [5.41, 5.74) is -0.286. The highest BCUT2D eigenvalue weighted by atomic mass is 19.4. The summed E-state index contributed by atoms with van der Waals surface area (Å²) in [6, 6.07) is 8.55. The number of halogens is 4. The summed E-state index contributed by atoms with van der Waals surface area (Å²) in [5.74, 6) is -1.47. The quantitative estimate of drug-likeness (QED) is 0.649. The van der Waals surface area contributed by atoms with E-state index < -0.39 is 29.4 Å². The Morgan fingerprint density at radius 1 is 1.16 bits per heavy atom. The molecule has 1 N–H and O–H groups in total. The van der Waals surface area contributed by atoms with E-state index in [1.165, 1.54) is 30.3 Å². The number of hydrogen-bond donors (Lipinski definition) is 1. The predicted molar refractivity (Wildman–Crippen MR) is 111 cm³/mol. The molecule has 0 radical (unpaired) electrons. The van der Waals surface area contributed by atoms with Crippen LogP contribution in [0, 0.1) is 11.7 Å². The smallest absolute Gasteiger partial charge is 0.416 e. The van der Waals surface area contributed by atoms with Crippen molar-refractivity contribution in [2.45, 2.75) is 32.4 Å². The average Bonchev–Trinajstić information content (AvgIpc) is 2.76. The molecule has 0 bridgehead atoms. The van der Waals surface area contributed by atoms with Crippen molar-refractivity contribution in [3.63, 3.8) is 0 Å². The van der Waals surface area contributed by atoms with Gasteiger partial charge in [0.2, 0.25) is 11.8 Å². The molecule has 3 rings (SSSR count). The molecule has 1 aliphatic rings. The molecule has 0 aromatic heterocycles. The molecule has 1 atom stereocenters. The number of hydrogen-bond acceptors (Lipinski definition) is 3. The Balaban J connectivity index is 1.68. The number of nitrogens with zero attached hydrogens (tertiary/aromatic N) is 1. The minimum atomic E-state index is -4.56. The third kappa shape index (κ3) is 5.99. The van der Waals surface area contributed by atoms with Crippen molar-refractivity contribution < 1.29 is 31.9 Å². The zero-order chi connectivity index (χ0) is 23.3. The monoisotopic (exact) mass is 452 g/mol. The van der Waals surface area contributed by atoms with Gasteiger partial charge in [0.15, 0.2) is 0 Å². The lowest BCUT2D eigenvalue weighted by molar-refractivity contribution is -0.138. The molecule has 1 saturated heterocycles. The molecule has 172 valence electrons. The van der Waals surface area contributed by atoms with Gasteiger partial charge in [0.1, 0.15) is 11.6 Å². The lowest BCUT2D eigenvalue weighted by atomic mass is 9.96. The summed E-state index contributed by atoms with van der Waals surface area (Å²) in [7, 11) is 0. The molecule has 2 aromatic carbocycles. The fourth-order valence-corrected chi connectivity index (χ4v) is 3.63. The molecule has 0 spiro atoms. The Morgan fingerprint density at radius 2 is 1.88 bits per heavy atom. The standard InChI is InChI=1S/C23H24F4N2O3/c1-2-32-20-10-7-17(23(25,26)27)13-19(20)28-22(31)16-4-3-11-29(14-16)21(30)12-15-5-8-18(24)9-6-15/h5-10,13,16H,2-4,11-12,14H2,1H3,(H,28,31). The highest BCUT2D eigenvalue weighted by Crippen LogP contribution is 2.35. The Morgan fingerprint density at radius 3 is 2.53 bits per heavy atom. The van der Waals surface area contributed by atoms with E-state index in [1.807, 2.05) is 0 Å². The lowest BCUT2D eigenvalue weighted by Gasteiger charge is -2.32. The van der Waals surface area contributed by atoms with E-state index in [4.69, 9.17) is 4.74 Å². The second-order valence-electron chi connectivity index (χ2n) is 7.61. The van der Waals surface area contributed by atoms with Crippen LogP contribution in [0.2, 0.25) is 0 Å². The second-order valence-corrected chi connectivity index (χ2v) is 7.61. The summed E-state index contributed by atoms with van der Waals surface area (Å²) in [4.78, 5) is 27.0. The van der Waals surface area contributed by atoms with Crippen molar-refractivity contribution in [2.75, 3.05) is 25.0 Å². The molecular weight excluding hydrogens is 428 g/mol. The van der Waals surface area contributed by atoms with Crippen LogP contribution in [0.3, 0.4) is 0 Å². The minimum absolute atomic E-state index is 0.0542. The summed E-state index contributed by atoms with van der Waals surface area (Å²) in [5, 5.41) is 2.55. The van der Waals surface area contributed by atoms with Crippen molar-refractivity contribution in [2.24, 2.45) is 5.92 Å². The van der Waals surface area contributed by atoms with E-state index in [0.717, 1.165) is 12.1 Å². The van der Waals surface area contributed by atoms with Crippen LogP contribution in [0.5, 0.6) is 5.75 Å². The van der Waals surface area contributed by atoms with Gasteiger partial charge in [-0.05, 0) is 55.7 Å². The molecule has 1 heterocycles. The molecule has 1 fully saturated rings. The highest BCUT2D eigenvalue weighted by molar-refractivity contribution is 5.94. The van der Waals surface area contributed by atoms with E-state index in [2.05, 4.69) is 5.32 Å². The van der Waals surface area contributed by atoms with E-state index in [0.29, 0.717) is 24.9 Å². The Kier molecular flexibility index (Phi) is 7.37. The van der Waals surface area contributed by atoms with Gasteiger partial charge in [0, 0.05) is 13.1 Å². The van der Waals surface area contributed by atoms with Crippen LogP contribution in [0.15, 0.2) is 42.5 Å². The van der Waals surface area contributed by atoms with Crippen molar-refractivity contribution in [1.82, 2.24) is 4.90 Å². The number of nitrogens with one attached hydrogen (secondary N) is 1. The van der Waals surface area contributed by atoms with E-state index in [-0.39, 0.29) is 36.9 Å². The van der Waals surface area contributed by atoms with Crippen LogP contribution < -0.4 is 10.1 Å². The summed E-state index contributed by atoms with van der Waals surface area (Å²) >= 11 is 0. The van der Waals surface area contributed by atoms with Crippen molar-refractivity contribution in [1.29, 1.82) is 0 Å². The Hall–Kier alpha value is -3.10. The topological polar surface area (TPSA) is 58.6 Å². The molecule has 2 amide bonds.